The molecule has 0 spiro atoms. The van der Waals surface area contributed by atoms with Gasteiger partial charge < -0.3 is 15.0 Å². The highest BCUT2D eigenvalue weighted by Gasteiger charge is 2.13. The summed E-state index contributed by atoms with van der Waals surface area (Å²) in [5.41, 5.74) is 2.03. The van der Waals surface area contributed by atoms with Gasteiger partial charge in [0, 0.05) is 19.5 Å². The summed E-state index contributed by atoms with van der Waals surface area (Å²) in [5, 5.41) is 12.5. The standard InChI is InChI=1S/C14H17N5OS/c1-19(2)14-17-13(20-3)11(21-14)8-15-10-6-4-5-9-7-16-18-12(9)10/h4-7,15H,8H2,1-3H3,(H,16,18). The Morgan fingerprint density at radius 3 is 3.00 bits per heavy atom. The molecule has 6 nitrogen and oxygen atoms in total. The van der Waals surface area contributed by atoms with Gasteiger partial charge in [-0.25, -0.2) is 0 Å². The molecule has 3 aromatic rings. The first kappa shape index (κ1) is 13.7. The van der Waals surface area contributed by atoms with Crippen LogP contribution in [-0.4, -0.2) is 36.4 Å². The van der Waals surface area contributed by atoms with Crippen LogP contribution in [0.2, 0.25) is 0 Å². The van der Waals surface area contributed by atoms with Gasteiger partial charge in [-0.1, -0.05) is 23.5 Å². The van der Waals surface area contributed by atoms with Crippen molar-refractivity contribution >= 4 is 33.1 Å². The Morgan fingerprint density at radius 1 is 1.38 bits per heavy atom. The van der Waals surface area contributed by atoms with Crippen LogP contribution in [0.1, 0.15) is 4.88 Å². The lowest BCUT2D eigenvalue weighted by atomic mass is 10.2. The van der Waals surface area contributed by atoms with Crippen LogP contribution in [0.3, 0.4) is 0 Å². The second kappa shape index (κ2) is 5.61. The highest BCUT2D eigenvalue weighted by molar-refractivity contribution is 7.15. The van der Waals surface area contributed by atoms with E-state index in [0.29, 0.717) is 12.4 Å². The van der Waals surface area contributed by atoms with Crippen LogP contribution in [0.5, 0.6) is 5.88 Å². The second-order valence-corrected chi connectivity index (χ2v) is 5.88. The van der Waals surface area contributed by atoms with Crippen LogP contribution < -0.4 is 15.0 Å². The Hall–Kier alpha value is -2.28. The Bertz CT molecular complexity index is 749. The van der Waals surface area contributed by atoms with E-state index < -0.39 is 0 Å². The maximum absolute atomic E-state index is 5.35. The minimum absolute atomic E-state index is 0.660. The first-order valence-corrected chi connectivity index (χ1v) is 7.37. The number of H-pyrrole nitrogens is 1. The van der Waals surface area contributed by atoms with Gasteiger partial charge in [0.2, 0.25) is 5.88 Å². The average molecular weight is 303 g/mol. The monoisotopic (exact) mass is 303 g/mol. The molecule has 0 aliphatic heterocycles. The van der Waals surface area contributed by atoms with Crippen molar-refractivity contribution in [1.82, 2.24) is 15.2 Å². The summed E-state index contributed by atoms with van der Waals surface area (Å²) in [6, 6.07) is 6.07. The van der Waals surface area contributed by atoms with Crippen molar-refractivity contribution in [3.8, 4) is 5.88 Å². The topological polar surface area (TPSA) is 66.1 Å². The lowest BCUT2D eigenvalue weighted by molar-refractivity contribution is 0.397. The van der Waals surface area contributed by atoms with E-state index in [1.54, 1.807) is 18.4 Å². The van der Waals surface area contributed by atoms with Crippen LogP contribution in [0.4, 0.5) is 10.8 Å². The van der Waals surface area contributed by atoms with Crippen LogP contribution in [0.15, 0.2) is 24.4 Å². The van der Waals surface area contributed by atoms with Crippen molar-refractivity contribution in [2.24, 2.45) is 0 Å². The fourth-order valence-corrected chi connectivity index (χ4v) is 2.97. The number of nitrogens with one attached hydrogen (secondary N) is 2. The number of ether oxygens (including phenoxy) is 1. The van der Waals surface area contributed by atoms with Gasteiger partial charge in [-0.2, -0.15) is 10.1 Å². The van der Waals surface area contributed by atoms with Crippen molar-refractivity contribution in [3.05, 3.63) is 29.3 Å². The maximum Gasteiger partial charge on any atom is 0.231 e. The number of hydrogen-bond acceptors (Lipinski definition) is 6. The third kappa shape index (κ3) is 2.64. The highest BCUT2D eigenvalue weighted by atomic mass is 32.1. The molecule has 0 radical (unpaired) electrons. The molecule has 0 saturated heterocycles. The van der Waals surface area contributed by atoms with Gasteiger partial charge in [-0.05, 0) is 6.07 Å². The number of thiazole rings is 1. The van der Waals surface area contributed by atoms with Crippen molar-refractivity contribution in [2.45, 2.75) is 6.54 Å². The molecule has 0 aliphatic carbocycles. The van der Waals surface area contributed by atoms with Crippen molar-refractivity contribution in [1.29, 1.82) is 0 Å². The molecule has 21 heavy (non-hydrogen) atoms. The lowest BCUT2D eigenvalue weighted by Crippen LogP contribution is -2.07. The van der Waals surface area contributed by atoms with Crippen LogP contribution >= 0.6 is 11.3 Å². The van der Waals surface area contributed by atoms with E-state index in [2.05, 4.69) is 20.5 Å². The molecule has 0 aliphatic rings. The van der Waals surface area contributed by atoms with Gasteiger partial charge in [0.25, 0.3) is 0 Å². The average Bonchev–Trinajstić information content (AvgIpc) is 3.11. The Kier molecular flexibility index (Phi) is 3.66. The zero-order valence-corrected chi connectivity index (χ0v) is 13.0. The first-order chi connectivity index (χ1) is 10.2. The van der Waals surface area contributed by atoms with E-state index >= 15 is 0 Å². The number of aromatic amines is 1. The molecule has 2 N–H and O–H groups in total. The number of benzene rings is 1. The number of nitrogens with zero attached hydrogens (tertiary/aromatic N) is 3. The summed E-state index contributed by atoms with van der Waals surface area (Å²) in [6.07, 6.45) is 1.82. The molecule has 0 fully saturated rings. The van der Waals surface area contributed by atoms with Crippen molar-refractivity contribution in [3.63, 3.8) is 0 Å². The molecule has 1 aromatic carbocycles. The number of methoxy groups -OCH3 is 1. The number of rotatable bonds is 5. The zero-order chi connectivity index (χ0) is 14.8. The quantitative estimate of drug-likeness (QED) is 0.758. The Morgan fingerprint density at radius 2 is 2.24 bits per heavy atom. The predicted octanol–water partition coefficient (Wildman–Crippen LogP) is 2.71. The maximum atomic E-state index is 5.35. The fourth-order valence-electron chi connectivity index (χ4n) is 2.08. The van der Waals surface area contributed by atoms with Crippen molar-refractivity contribution in [2.75, 3.05) is 31.4 Å². The molecule has 7 heteroatoms. The van der Waals surface area contributed by atoms with Crippen LogP contribution in [0.25, 0.3) is 10.9 Å². The molecule has 0 bridgehead atoms. The molecule has 0 amide bonds. The third-order valence-electron chi connectivity index (χ3n) is 3.14. The predicted molar refractivity (Wildman–Crippen MR) is 86.4 cm³/mol. The molecule has 0 atom stereocenters. The number of hydrogen-bond donors (Lipinski definition) is 2. The van der Waals surface area contributed by atoms with E-state index in [-0.39, 0.29) is 0 Å². The van der Waals surface area contributed by atoms with Crippen LogP contribution in [-0.2, 0) is 6.54 Å². The summed E-state index contributed by atoms with van der Waals surface area (Å²) in [5.74, 6) is 0.674. The van der Waals surface area contributed by atoms with Gasteiger partial charge in [0.15, 0.2) is 5.13 Å². The molecular formula is C14H17N5OS. The Labute approximate surface area is 126 Å². The van der Waals surface area contributed by atoms with Gasteiger partial charge in [-0.3, -0.25) is 5.10 Å². The molecule has 0 saturated carbocycles. The van der Waals surface area contributed by atoms with Crippen LogP contribution in [0, 0.1) is 0 Å². The SMILES string of the molecule is COc1nc(N(C)C)sc1CNc1cccc2cn[nH]c12. The van der Waals surface area contributed by atoms with E-state index in [0.717, 1.165) is 26.6 Å². The summed E-state index contributed by atoms with van der Waals surface area (Å²) < 4.78 is 5.35. The number of fused-ring (bicyclic) bond motifs is 1. The first-order valence-electron chi connectivity index (χ1n) is 6.56. The van der Waals surface area contributed by atoms with Gasteiger partial charge in [0.1, 0.15) is 0 Å². The largest absolute Gasteiger partial charge is 0.480 e. The molecule has 0 unspecified atom stereocenters. The summed E-state index contributed by atoms with van der Waals surface area (Å²) in [6.45, 7) is 0.660. The van der Waals surface area contributed by atoms with E-state index in [4.69, 9.17) is 4.74 Å². The number of para-hydroxylation sites is 1. The van der Waals surface area contributed by atoms with Gasteiger partial charge >= 0.3 is 0 Å². The zero-order valence-electron chi connectivity index (χ0n) is 12.2. The minimum atomic E-state index is 0.660. The second-order valence-electron chi connectivity index (χ2n) is 4.82. The number of aromatic nitrogens is 3. The molecular weight excluding hydrogens is 286 g/mol. The normalized spacial score (nSPS) is 10.8. The fraction of sp³-hybridized carbons (Fsp3) is 0.286. The summed E-state index contributed by atoms with van der Waals surface area (Å²) in [7, 11) is 5.59. The van der Waals surface area contributed by atoms with Crippen molar-refractivity contribution < 1.29 is 4.74 Å². The Balaban J connectivity index is 1.83. The highest BCUT2D eigenvalue weighted by Crippen LogP contribution is 2.31. The van der Waals surface area contributed by atoms with Gasteiger partial charge in [0.05, 0.1) is 35.9 Å². The third-order valence-corrected chi connectivity index (χ3v) is 4.35. The summed E-state index contributed by atoms with van der Waals surface area (Å²) >= 11 is 1.62. The smallest absolute Gasteiger partial charge is 0.231 e. The van der Waals surface area contributed by atoms with E-state index in [1.807, 2.05) is 43.4 Å². The van der Waals surface area contributed by atoms with E-state index in [9.17, 15) is 0 Å². The minimum Gasteiger partial charge on any atom is -0.480 e. The molecule has 3 rings (SSSR count). The molecule has 110 valence electrons. The molecule has 2 aromatic heterocycles. The summed E-state index contributed by atoms with van der Waals surface area (Å²) in [4.78, 5) is 7.50. The van der Waals surface area contributed by atoms with Gasteiger partial charge in [-0.15, -0.1) is 0 Å². The number of anilines is 2. The molecule has 2 heterocycles. The lowest BCUT2D eigenvalue weighted by Gasteiger charge is -2.07. The van der Waals surface area contributed by atoms with E-state index in [1.165, 1.54) is 0 Å².